The van der Waals surface area contributed by atoms with Crippen LogP contribution in [0.3, 0.4) is 0 Å². The predicted octanol–water partition coefficient (Wildman–Crippen LogP) is 3.45. The second-order valence-electron chi connectivity index (χ2n) is 4.81. The molecule has 1 N–H and O–H groups in total. The largest absolute Gasteiger partial charge is 0.326 e. The predicted molar refractivity (Wildman–Crippen MR) is 87.2 cm³/mol. The van der Waals surface area contributed by atoms with Gasteiger partial charge in [-0.15, -0.1) is 0 Å². The molecule has 0 heterocycles. The van der Waals surface area contributed by atoms with Crippen LogP contribution in [0.1, 0.15) is 22.8 Å². The summed E-state index contributed by atoms with van der Waals surface area (Å²) >= 11 is 0. The highest BCUT2D eigenvalue weighted by Crippen LogP contribution is 2.15. The third kappa shape index (κ3) is 4.60. The number of benzene rings is 2. The molecule has 0 spiro atoms. The van der Waals surface area contributed by atoms with Gasteiger partial charge in [-0.1, -0.05) is 18.2 Å². The van der Waals surface area contributed by atoms with Crippen LogP contribution in [-0.4, -0.2) is 16.6 Å². The Bertz CT molecular complexity index is 779. The summed E-state index contributed by atoms with van der Waals surface area (Å²) in [6, 6.07) is 12.5. The van der Waals surface area contributed by atoms with Crippen molar-refractivity contribution in [2.24, 2.45) is 0 Å². The zero-order chi connectivity index (χ0) is 16.8. The lowest BCUT2D eigenvalue weighted by molar-refractivity contribution is -0.384. The van der Waals surface area contributed by atoms with E-state index in [4.69, 9.17) is 0 Å². The van der Waals surface area contributed by atoms with E-state index in [1.54, 1.807) is 36.4 Å². The molecule has 0 aliphatic heterocycles. The van der Waals surface area contributed by atoms with E-state index in [0.29, 0.717) is 16.8 Å². The standard InChI is InChI=1S/C17H14N2O4/c1-12(20)18-15-8-6-14(7-9-15)17(21)10-5-13-3-2-4-16(11-13)19(22)23/h2-11H,1H3,(H,18,20)/b10-5-. The van der Waals surface area contributed by atoms with E-state index in [1.165, 1.54) is 31.2 Å². The van der Waals surface area contributed by atoms with Crippen LogP contribution in [0.4, 0.5) is 11.4 Å². The number of ketones is 1. The van der Waals surface area contributed by atoms with Gasteiger partial charge in [0.05, 0.1) is 4.92 Å². The average molecular weight is 310 g/mol. The van der Waals surface area contributed by atoms with E-state index in [2.05, 4.69) is 5.32 Å². The summed E-state index contributed by atoms with van der Waals surface area (Å²) in [6.07, 6.45) is 2.88. The first kappa shape index (κ1) is 16.1. The fourth-order valence-corrected chi connectivity index (χ4v) is 1.93. The summed E-state index contributed by atoms with van der Waals surface area (Å²) in [5.74, 6) is -0.416. The summed E-state index contributed by atoms with van der Waals surface area (Å²) in [5.41, 5.74) is 1.61. The van der Waals surface area contributed by atoms with Crippen molar-refractivity contribution in [2.45, 2.75) is 6.92 Å². The molecule has 0 saturated heterocycles. The molecule has 6 nitrogen and oxygen atoms in total. The molecule has 0 aromatic heterocycles. The Morgan fingerprint density at radius 3 is 2.43 bits per heavy atom. The Kier molecular flexibility index (Phi) is 4.99. The van der Waals surface area contributed by atoms with Gasteiger partial charge in [-0.25, -0.2) is 0 Å². The Labute approximate surface area is 132 Å². The smallest absolute Gasteiger partial charge is 0.270 e. The molecule has 1 amide bonds. The molecule has 0 bridgehead atoms. The summed E-state index contributed by atoms with van der Waals surface area (Å²) in [5, 5.41) is 13.3. The molecule has 0 saturated carbocycles. The van der Waals surface area contributed by atoms with Crippen molar-refractivity contribution in [3.8, 4) is 0 Å². The monoisotopic (exact) mass is 310 g/mol. The summed E-state index contributed by atoms with van der Waals surface area (Å²) in [6.45, 7) is 1.40. The van der Waals surface area contributed by atoms with Crippen LogP contribution >= 0.6 is 0 Å². The second kappa shape index (κ2) is 7.13. The normalized spacial score (nSPS) is 10.5. The zero-order valence-corrected chi connectivity index (χ0v) is 12.4. The highest BCUT2D eigenvalue weighted by Gasteiger charge is 2.05. The van der Waals surface area contributed by atoms with Crippen LogP contribution < -0.4 is 5.32 Å². The van der Waals surface area contributed by atoms with Crippen molar-refractivity contribution in [2.75, 3.05) is 5.32 Å². The first-order valence-corrected chi connectivity index (χ1v) is 6.80. The molecule has 0 aliphatic carbocycles. The van der Waals surface area contributed by atoms with Crippen LogP contribution in [0.2, 0.25) is 0 Å². The molecular formula is C17H14N2O4. The van der Waals surface area contributed by atoms with Gasteiger partial charge in [-0.3, -0.25) is 19.7 Å². The van der Waals surface area contributed by atoms with Gasteiger partial charge in [0.15, 0.2) is 5.78 Å². The first-order chi connectivity index (χ1) is 11.0. The van der Waals surface area contributed by atoms with Gasteiger partial charge in [0.2, 0.25) is 5.91 Å². The molecule has 116 valence electrons. The number of hydrogen-bond donors (Lipinski definition) is 1. The van der Waals surface area contributed by atoms with Crippen LogP contribution in [0.25, 0.3) is 6.08 Å². The minimum atomic E-state index is -0.486. The number of nitrogens with one attached hydrogen (secondary N) is 1. The van der Waals surface area contributed by atoms with Crippen molar-refractivity contribution < 1.29 is 14.5 Å². The lowest BCUT2D eigenvalue weighted by atomic mass is 10.1. The lowest BCUT2D eigenvalue weighted by Gasteiger charge is -2.02. The Balaban J connectivity index is 2.10. The fraction of sp³-hybridized carbons (Fsp3) is 0.0588. The van der Waals surface area contributed by atoms with Crippen LogP contribution in [0.15, 0.2) is 54.6 Å². The highest BCUT2D eigenvalue weighted by molar-refractivity contribution is 6.07. The zero-order valence-electron chi connectivity index (χ0n) is 12.4. The Morgan fingerprint density at radius 1 is 1.13 bits per heavy atom. The van der Waals surface area contributed by atoms with Crippen molar-refractivity contribution in [3.63, 3.8) is 0 Å². The number of allylic oxidation sites excluding steroid dienone is 1. The van der Waals surface area contributed by atoms with Crippen LogP contribution in [-0.2, 0) is 4.79 Å². The number of anilines is 1. The maximum Gasteiger partial charge on any atom is 0.270 e. The number of carbonyl (C=O) groups excluding carboxylic acids is 2. The number of amides is 1. The maximum atomic E-state index is 12.1. The molecule has 2 rings (SSSR count). The molecule has 23 heavy (non-hydrogen) atoms. The van der Waals surface area contributed by atoms with E-state index in [1.807, 2.05) is 0 Å². The quantitative estimate of drug-likeness (QED) is 0.396. The number of hydrogen-bond acceptors (Lipinski definition) is 4. The van der Waals surface area contributed by atoms with Gasteiger partial charge in [-0.05, 0) is 35.9 Å². The van der Waals surface area contributed by atoms with Crippen molar-refractivity contribution >= 4 is 29.1 Å². The molecule has 0 atom stereocenters. The van der Waals surface area contributed by atoms with E-state index in [-0.39, 0.29) is 17.4 Å². The molecule has 2 aromatic rings. The van der Waals surface area contributed by atoms with E-state index < -0.39 is 4.92 Å². The van der Waals surface area contributed by atoms with Crippen molar-refractivity contribution in [1.29, 1.82) is 0 Å². The molecule has 0 aliphatic rings. The first-order valence-electron chi connectivity index (χ1n) is 6.80. The molecule has 0 fully saturated rings. The summed E-state index contributed by atoms with van der Waals surface area (Å²) in [4.78, 5) is 33.2. The highest BCUT2D eigenvalue weighted by atomic mass is 16.6. The van der Waals surface area contributed by atoms with E-state index >= 15 is 0 Å². The third-order valence-electron chi connectivity index (χ3n) is 3.00. The van der Waals surface area contributed by atoms with E-state index in [9.17, 15) is 19.7 Å². The Morgan fingerprint density at radius 2 is 1.83 bits per heavy atom. The fourth-order valence-electron chi connectivity index (χ4n) is 1.93. The van der Waals surface area contributed by atoms with Gasteiger partial charge in [0, 0.05) is 30.3 Å². The van der Waals surface area contributed by atoms with Gasteiger partial charge in [0.25, 0.3) is 5.69 Å². The number of nitro benzene ring substituents is 1. The van der Waals surface area contributed by atoms with Crippen LogP contribution in [0.5, 0.6) is 0 Å². The van der Waals surface area contributed by atoms with Gasteiger partial charge >= 0.3 is 0 Å². The molecule has 0 radical (unpaired) electrons. The minimum Gasteiger partial charge on any atom is -0.326 e. The van der Waals surface area contributed by atoms with Gasteiger partial charge in [0.1, 0.15) is 0 Å². The number of carbonyl (C=O) groups is 2. The maximum absolute atomic E-state index is 12.1. The lowest BCUT2D eigenvalue weighted by Crippen LogP contribution is -2.05. The molecule has 2 aromatic carbocycles. The van der Waals surface area contributed by atoms with Gasteiger partial charge in [-0.2, -0.15) is 0 Å². The van der Waals surface area contributed by atoms with Crippen molar-refractivity contribution in [1.82, 2.24) is 0 Å². The van der Waals surface area contributed by atoms with Crippen molar-refractivity contribution in [3.05, 3.63) is 75.8 Å². The minimum absolute atomic E-state index is 0.0285. The van der Waals surface area contributed by atoms with Crippen LogP contribution in [0, 0.1) is 10.1 Å². The average Bonchev–Trinajstić information content (AvgIpc) is 2.53. The van der Waals surface area contributed by atoms with E-state index in [0.717, 1.165) is 0 Å². The SMILES string of the molecule is CC(=O)Nc1ccc(C(=O)/C=C\c2cccc([N+](=O)[O-])c2)cc1. The summed E-state index contributed by atoms with van der Waals surface area (Å²) < 4.78 is 0. The number of nitrogens with zero attached hydrogens (tertiary/aromatic N) is 1. The topological polar surface area (TPSA) is 89.3 Å². The Hall–Kier alpha value is -3.28. The number of nitro groups is 1. The molecular weight excluding hydrogens is 296 g/mol. The van der Waals surface area contributed by atoms with Gasteiger partial charge < -0.3 is 5.32 Å². The number of rotatable bonds is 5. The third-order valence-corrected chi connectivity index (χ3v) is 3.00. The molecule has 0 unspecified atom stereocenters. The number of non-ortho nitro benzene ring substituents is 1. The second-order valence-corrected chi connectivity index (χ2v) is 4.81. The summed E-state index contributed by atoms with van der Waals surface area (Å²) in [7, 11) is 0. The molecule has 6 heteroatoms.